The van der Waals surface area contributed by atoms with Crippen molar-refractivity contribution in [2.24, 2.45) is 5.73 Å². The summed E-state index contributed by atoms with van der Waals surface area (Å²) in [5.74, 6) is 0.109. The van der Waals surface area contributed by atoms with Crippen molar-refractivity contribution in [1.82, 2.24) is 4.90 Å². The van der Waals surface area contributed by atoms with Crippen molar-refractivity contribution in [3.63, 3.8) is 0 Å². The summed E-state index contributed by atoms with van der Waals surface area (Å²) in [7, 11) is 0. The van der Waals surface area contributed by atoms with Gasteiger partial charge in [0, 0.05) is 12.6 Å². The molecule has 0 unspecified atom stereocenters. The van der Waals surface area contributed by atoms with Crippen molar-refractivity contribution in [1.29, 1.82) is 0 Å². The summed E-state index contributed by atoms with van der Waals surface area (Å²) >= 11 is 0. The number of carbonyl (C=O) groups excluding carboxylic acids is 1. The van der Waals surface area contributed by atoms with E-state index in [0.717, 1.165) is 24.9 Å². The van der Waals surface area contributed by atoms with E-state index in [0.29, 0.717) is 12.5 Å². The van der Waals surface area contributed by atoms with Gasteiger partial charge in [-0.1, -0.05) is 43.2 Å². The minimum atomic E-state index is -0.414. The first-order valence-corrected chi connectivity index (χ1v) is 7.32. The quantitative estimate of drug-likeness (QED) is 0.883. The molecule has 1 fully saturated rings. The van der Waals surface area contributed by atoms with Gasteiger partial charge in [-0.15, -0.1) is 0 Å². The summed E-state index contributed by atoms with van der Waals surface area (Å²) in [6.45, 7) is 2.82. The Bertz CT molecular complexity index is 398. The molecule has 1 saturated carbocycles. The molecule has 2 N–H and O–H groups in total. The molecule has 0 bridgehead atoms. The number of benzene rings is 1. The van der Waals surface area contributed by atoms with Crippen LogP contribution in [0.25, 0.3) is 0 Å². The monoisotopic (exact) mass is 260 g/mol. The van der Waals surface area contributed by atoms with E-state index in [9.17, 15) is 4.79 Å². The largest absolute Gasteiger partial charge is 0.339 e. The number of nitrogens with zero attached hydrogens (tertiary/aromatic N) is 1. The molecular formula is C16H24N2O. The predicted octanol–water partition coefficient (Wildman–Crippen LogP) is 2.35. The molecule has 0 aliphatic heterocycles. The Kier molecular flexibility index (Phi) is 4.97. The lowest BCUT2D eigenvalue weighted by Crippen LogP contribution is -2.48. The Morgan fingerprint density at radius 2 is 1.95 bits per heavy atom. The summed E-state index contributed by atoms with van der Waals surface area (Å²) in [5.41, 5.74) is 7.23. The van der Waals surface area contributed by atoms with Gasteiger partial charge in [-0.2, -0.15) is 0 Å². The zero-order valence-electron chi connectivity index (χ0n) is 11.7. The van der Waals surface area contributed by atoms with Gasteiger partial charge >= 0.3 is 0 Å². The third-order valence-electron chi connectivity index (χ3n) is 4.00. The maximum Gasteiger partial charge on any atom is 0.240 e. The second-order valence-corrected chi connectivity index (χ2v) is 5.36. The second kappa shape index (κ2) is 6.71. The molecule has 0 spiro atoms. The fourth-order valence-electron chi connectivity index (χ4n) is 2.98. The molecule has 2 rings (SSSR count). The third-order valence-corrected chi connectivity index (χ3v) is 4.00. The lowest BCUT2D eigenvalue weighted by molar-refractivity contribution is -0.134. The molecule has 104 valence electrons. The SMILES string of the molecule is CCN(C(=O)[C@H](N)Cc1ccccc1)C1CCCC1. The molecule has 19 heavy (non-hydrogen) atoms. The van der Waals surface area contributed by atoms with Crippen molar-refractivity contribution in [2.45, 2.75) is 51.1 Å². The lowest BCUT2D eigenvalue weighted by atomic mass is 10.0. The lowest BCUT2D eigenvalue weighted by Gasteiger charge is -2.30. The molecule has 1 aromatic carbocycles. The molecule has 3 nitrogen and oxygen atoms in total. The summed E-state index contributed by atoms with van der Waals surface area (Å²) in [4.78, 5) is 14.5. The van der Waals surface area contributed by atoms with Crippen LogP contribution in [0, 0.1) is 0 Å². The number of hydrogen-bond acceptors (Lipinski definition) is 2. The molecule has 0 heterocycles. The maximum absolute atomic E-state index is 12.5. The van der Waals surface area contributed by atoms with Gasteiger partial charge in [-0.05, 0) is 31.7 Å². The Labute approximate surface area is 115 Å². The van der Waals surface area contributed by atoms with E-state index in [4.69, 9.17) is 5.73 Å². The molecule has 1 aromatic rings. The van der Waals surface area contributed by atoms with Gasteiger partial charge in [0.2, 0.25) is 5.91 Å². The van der Waals surface area contributed by atoms with Gasteiger partial charge in [-0.25, -0.2) is 0 Å². The van der Waals surface area contributed by atoms with Gasteiger partial charge in [0.15, 0.2) is 0 Å². The highest BCUT2D eigenvalue weighted by Crippen LogP contribution is 2.24. The molecule has 0 radical (unpaired) electrons. The van der Waals surface area contributed by atoms with E-state index in [-0.39, 0.29) is 5.91 Å². The first-order chi connectivity index (χ1) is 9.22. The normalized spacial score (nSPS) is 17.4. The fraction of sp³-hybridized carbons (Fsp3) is 0.562. The van der Waals surface area contributed by atoms with E-state index >= 15 is 0 Å². The van der Waals surface area contributed by atoms with Crippen molar-refractivity contribution in [2.75, 3.05) is 6.54 Å². The first-order valence-electron chi connectivity index (χ1n) is 7.32. The van der Waals surface area contributed by atoms with E-state index in [1.165, 1.54) is 12.8 Å². The van der Waals surface area contributed by atoms with Crippen LogP contribution in [-0.4, -0.2) is 29.4 Å². The third kappa shape index (κ3) is 3.57. The van der Waals surface area contributed by atoms with Crippen molar-refractivity contribution < 1.29 is 4.79 Å². The smallest absolute Gasteiger partial charge is 0.240 e. The standard InChI is InChI=1S/C16H24N2O/c1-2-18(14-10-6-7-11-14)16(19)15(17)12-13-8-4-3-5-9-13/h3-5,8-9,14-15H,2,6-7,10-12,17H2,1H3/t15-/m1/s1. The average Bonchev–Trinajstić information content (AvgIpc) is 2.94. The highest BCUT2D eigenvalue weighted by atomic mass is 16.2. The van der Waals surface area contributed by atoms with Crippen LogP contribution in [0.4, 0.5) is 0 Å². The molecule has 1 aliphatic rings. The van der Waals surface area contributed by atoms with Gasteiger partial charge in [0.25, 0.3) is 0 Å². The minimum Gasteiger partial charge on any atom is -0.339 e. The van der Waals surface area contributed by atoms with Crippen LogP contribution in [0.15, 0.2) is 30.3 Å². The van der Waals surface area contributed by atoms with Crippen LogP contribution in [0.5, 0.6) is 0 Å². The molecule has 0 aromatic heterocycles. The fourth-order valence-corrected chi connectivity index (χ4v) is 2.98. The predicted molar refractivity (Wildman–Crippen MR) is 77.8 cm³/mol. The summed E-state index contributed by atoms with van der Waals surface area (Å²) < 4.78 is 0. The molecule has 1 atom stereocenters. The maximum atomic E-state index is 12.5. The highest BCUT2D eigenvalue weighted by molar-refractivity contribution is 5.82. The summed E-state index contributed by atoms with van der Waals surface area (Å²) in [6.07, 6.45) is 5.38. The zero-order chi connectivity index (χ0) is 13.7. The first kappa shape index (κ1) is 14.1. The van der Waals surface area contributed by atoms with Crippen LogP contribution >= 0.6 is 0 Å². The van der Waals surface area contributed by atoms with Crippen molar-refractivity contribution >= 4 is 5.91 Å². The van der Waals surface area contributed by atoms with Crippen LogP contribution < -0.4 is 5.73 Å². The van der Waals surface area contributed by atoms with E-state index in [1.807, 2.05) is 42.2 Å². The number of amides is 1. The van der Waals surface area contributed by atoms with Gasteiger partial charge in [0.1, 0.15) is 0 Å². The molecule has 0 saturated heterocycles. The van der Waals surface area contributed by atoms with Crippen LogP contribution in [0.3, 0.4) is 0 Å². The molecular weight excluding hydrogens is 236 g/mol. The van der Waals surface area contributed by atoms with Crippen LogP contribution in [-0.2, 0) is 11.2 Å². The topological polar surface area (TPSA) is 46.3 Å². The molecule has 1 amide bonds. The zero-order valence-corrected chi connectivity index (χ0v) is 11.7. The van der Waals surface area contributed by atoms with E-state index in [2.05, 4.69) is 0 Å². The molecule has 1 aliphatic carbocycles. The second-order valence-electron chi connectivity index (χ2n) is 5.36. The van der Waals surface area contributed by atoms with Crippen molar-refractivity contribution in [3.05, 3.63) is 35.9 Å². The van der Waals surface area contributed by atoms with E-state index < -0.39 is 6.04 Å². The van der Waals surface area contributed by atoms with Crippen molar-refractivity contribution in [3.8, 4) is 0 Å². The van der Waals surface area contributed by atoms with Gasteiger partial charge < -0.3 is 10.6 Å². The van der Waals surface area contributed by atoms with Crippen LogP contribution in [0.1, 0.15) is 38.2 Å². The van der Waals surface area contributed by atoms with E-state index in [1.54, 1.807) is 0 Å². The Hall–Kier alpha value is -1.35. The van der Waals surface area contributed by atoms with Gasteiger partial charge in [-0.3, -0.25) is 4.79 Å². The Morgan fingerprint density at radius 1 is 1.32 bits per heavy atom. The Balaban J connectivity index is 1.97. The average molecular weight is 260 g/mol. The number of rotatable bonds is 5. The summed E-state index contributed by atoms with van der Waals surface area (Å²) in [6, 6.07) is 10.0. The van der Waals surface area contributed by atoms with Crippen LogP contribution in [0.2, 0.25) is 0 Å². The number of nitrogens with two attached hydrogens (primary N) is 1. The number of hydrogen-bond donors (Lipinski definition) is 1. The Morgan fingerprint density at radius 3 is 2.53 bits per heavy atom. The number of likely N-dealkylation sites (N-methyl/N-ethyl adjacent to an activating group) is 1. The minimum absolute atomic E-state index is 0.109. The molecule has 3 heteroatoms. The summed E-state index contributed by atoms with van der Waals surface area (Å²) in [5, 5.41) is 0. The van der Waals surface area contributed by atoms with Gasteiger partial charge in [0.05, 0.1) is 6.04 Å². The number of carbonyl (C=O) groups is 1. The highest BCUT2D eigenvalue weighted by Gasteiger charge is 2.28.